The Balaban J connectivity index is 1.44. The fourth-order valence-electron chi connectivity index (χ4n) is 3.56. The van der Waals surface area contributed by atoms with Gasteiger partial charge in [0, 0.05) is 31.7 Å². The lowest BCUT2D eigenvalue weighted by molar-refractivity contribution is 0.0721. The number of ether oxygens (including phenoxy) is 1. The number of nitrogens with zero attached hydrogens (tertiary/aromatic N) is 2. The molecule has 2 aliphatic heterocycles. The highest BCUT2D eigenvalue weighted by molar-refractivity contribution is 7.12. The molecular weight excluding hydrogens is 348 g/mol. The highest BCUT2D eigenvalue weighted by Crippen LogP contribution is 2.26. The largest absolute Gasteiger partial charge is 0.493 e. The minimum atomic E-state index is 0.0452. The number of fused-ring (bicyclic) bond motifs is 1. The average molecular weight is 370 g/mol. The number of carbonyl (C=O) groups excluding carboxylic acids is 2. The summed E-state index contributed by atoms with van der Waals surface area (Å²) < 4.78 is 5.63. The van der Waals surface area contributed by atoms with Crippen LogP contribution in [0.5, 0.6) is 5.75 Å². The van der Waals surface area contributed by atoms with Gasteiger partial charge in [0.1, 0.15) is 5.75 Å². The van der Waals surface area contributed by atoms with Crippen molar-refractivity contribution in [1.29, 1.82) is 0 Å². The monoisotopic (exact) mass is 370 g/mol. The number of rotatable bonds is 2. The molecule has 0 bridgehead atoms. The summed E-state index contributed by atoms with van der Waals surface area (Å²) in [5, 5.41) is 1.92. The van der Waals surface area contributed by atoms with Gasteiger partial charge in [0.25, 0.3) is 11.8 Å². The van der Waals surface area contributed by atoms with Crippen LogP contribution in [0.1, 0.15) is 38.4 Å². The molecule has 136 valence electrons. The summed E-state index contributed by atoms with van der Waals surface area (Å²) in [6.07, 6.45) is 2.75. The summed E-state index contributed by atoms with van der Waals surface area (Å²) in [5.41, 5.74) is 1.83. The van der Waals surface area contributed by atoms with Crippen LogP contribution in [0.3, 0.4) is 0 Å². The van der Waals surface area contributed by atoms with Gasteiger partial charge in [0.05, 0.1) is 11.5 Å². The Hall–Kier alpha value is -2.34. The van der Waals surface area contributed by atoms with E-state index in [4.69, 9.17) is 4.74 Å². The first-order chi connectivity index (χ1) is 12.7. The van der Waals surface area contributed by atoms with Gasteiger partial charge in [-0.2, -0.15) is 0 Å². The molecule has 26 heavy (non-hydrogen) atoms. The van der Waals surface area contributed by atoms with Crippen molar-refractivity contribution in [2.45, 2.75) is 19.3 Å². The van der Waals surface area contributed by atoms with E-state index in [1.807, 2.05) is 45.5 Å². The van der Waals surface area contributed by atoms with Crippen LogP contribution in [0.25, 0.3) is 0 Å². The molecule has 3 heterocycles. The molecule has 0 aliphatic carbocycles. The van der Waals surface area contributed by atoms with E-state index in [0.29, 0.717) is 31.7 Å². The van der Waals surface area contributed by atoms with Crippen LogP contribution in [0.2, 0.25) is 0 Å². The molecule has 1 aromatic carbocycles. The van der Waals surface area contributed by atoms with Gasteiger partial charge in [-0.05, 0) is 54.5 Å². The van der Waals surface area contributed by atoms with Crippen LogP contribution in [0, 0.1) is 0 Å². The summed E-state index contributed by atoms with van der Waals surface area (Å²) in [7, 11) is 0. The van der Waals surface area contributed by atoms with Gasteiger partial charge in [-0.3, -0.25) is 9.59 Å². The number of thiophene rings is 1. The molecule has 0 atom stereocenters. The fraction of sp³-hybridized carbons (Fsp3) is 0.400. The second kappa shape index (κ2) is 7.50. The van der Waals surface area contributed by atoms with Crippen molar-refractivity contribution in [3.63, 3.8) is 0 Å². The van der Waals surface area contributed by atoms with Crippen LogP contribution in [0.15, 0.2) is 35.7 Å². The summed E-state index contributed by atoms with van der Waals surface area (Å²) in [4.78, 5) is 30.0. The van der Waals surface area contributed by atoms with Crippen molar-refractivity contribution in [3.8, 4) is 5.75 Å². The molecule has 1 fully saturated rings. The van der Waals surface area contributed by atoms with E-state index in [1.54, 1.807) is 0 Å². The summed E-state index contributed by atoms with van der Waals surface area (Å²) in [6, 6.07) is 9.48. The zero-order valence-corrected chi connectivity index (χ0v) is 15.5. The first-order valence-electron chi connectivity index (χ1n) is 9.10. The summed E-state index contributed by atoms with van der Waals surface area (Å²) in [5.74, 6) is 1.01. The van der Waals surface area contributed by atoms with E-state index in [-0.39, 0.29) is 11.8 Å². The van der Waals surface area contributed by atoms with E-state index in [2.05, 4.69) is 0 Å². The van der Waals surface area contributed by atoms with E-state index in [1.165, 1.54) is 11.3 Å². The lowest BCUT2D eigenvalue weighted by atomic mass is 10.0. The van der Waals surface area contributed by atoms with Gasteiger partial charge < -0.3 is 14.5 Å². The molecule has 2 aromatic rings. The Morgan fingerprint density at radius 3 is 2.54 bits per heavy atom. The third-order valence-corrected chi connectivity index (χ3v) is 5.82. The SMILES string of the molecule is O=C(c1ccc2c(c1)CCCO2)N1CCCN(C(=O)c2cccs2)CC1. The van der Waals surface area contributed by atoms with E-state index in [9.17, 15) is 9.59 Å². The second-order valence-electron chi connectivity index (χ2n) is 6.69. The van der Waals surface area contributed by atoms with Crippen molar-refractivity contribution in [2.24, 2.45) is 0 Å². The minimum absolute atomic E-state index is 0.0452. The summed E-state index contributed by atoms with van der Waals surface area (Å²) >= 11 is 1.46. The van der Waals surface area contributed by atoms with Crippen molar-refractivity contribution >= 4 is 23.2 Å². The van der Waals surface area contributed by atoms with Gasteiger partial charge in [-0.15, -0.1) is 11.3 Å². The lowest BCUT2D eigenvalue weighted by Gasteiger charge is -2.23. The van der Waals surface area contributed by atoms with Crippen molar-refractivity contribution < 1.29 is 14.3 Å². The molecule has 0 spiro atoms. The van der Waals surface area contributed by atoms with Crippen LogP contribution in [-0.2, 0) is 6.42 Å². The van der Waals surface area contributed by atoms with E-state index in [0.717, 1.165) is 42.1 Å². The Kier molecular flexibility index (Phi) is 4.93. The maximum absolute atomic E-state index is 12.9. The lowest BCUT2D eigenvalue weighted by Crippen LogP contribution is -2.37. The van der Waals surface area contributed by atoms with Gasteiger partial charge in [0.15, 0.2) is 0 Å². The molecule has 0 N–H and O–H groups in total. The topological polar surface area (TPSA) is 49.9 Å². The number of aryl methyl sites for hydroxylation is 1. The normalized spacial score (nSPS) is 17.2. The third kappa shape index (κ3) is 3.46. The molecule has 0 radical (unpaired) electrons. The van der Waals surface area contributed by atoms with Gasteiger partial charge in [0.2, 0.25) is 0 Å². The predicted molar refractivity (Wildman–Crippen MR) is 101 cm³/mol. The van der Waals surface area contributed by atoms with Crippen LogP contribution in [0.4, 0.5) is 0 Å². The maximum atomic E-state index is 12.9. The zero-order valence-electron chi connectivity index (χ0n) is 14.6. The Morgan fingerprint density at radius 2 is 1.77 bits per heavy atom. The third-order valence-electron chi connectivity index (χ3n) is 4.96. The average Bonchev–Trinajstić information content (AvgIpc) is 3.11. The number of amides is 2. The highest BCUT2D eigenvalue weighted by atomic mass is 32.1. The van der Waals surface area contributed by atoms with Crippen molar-refractivity contribution in [3.05, 3.63) is 51.7 Å². The first kappa shape index (κ1) is 17.1. The number of carbonyl (C=O) groups is 2. The van der Waals surface area contributed by atoms with Gasteiger partial charge in [-0.1, -0.05) is 6.07 Å². The second-order valence-corrected chi connectivity index (χ2v) is 7.64. The smallest absolute Gasteiger partial charge is 0.263 e. The molecule has 4 rings (SSSR count). The maximum Gasteiger partial charge on any atom is 0.263 e. The standard InChI is InChI=1S/C20H22N2O3S/c23-19(16-6-7-17-15(14-16)4-1-12-25-17)21-8-3-9-22(11-10-21)20(24)18-5-2-13-26-18/h2,5-7,13-14H,1,3-4,8-12H2. The Morgan fingerprint density at radius 1 is 0.962 bits per heavy atom. The summed E-state index contributed by atoms with van der Waals surface area (Å²) in [6.45, 7) is 3.28. The fourth-order valence-corrected chi connectivity index (χ4v) is 4.25. The molecule has 5 nitrogen and oxygen atoms in total. The number of benzene rings is 1. The van der Waals surface area contributed by atoms with E-state index < -0.39 is 0 Å². The van der Waals surface area contributed by atoms with Gasteiger partial charge in [-0.25, -0.2) is 0 Å². The van der Waals surface area contributed by atoms with Crippen molar-refractivity contribution in [1.82, 2.24) is 9.80 Å². The minimum Gasteiger partial charge on any atom is -0.493 e. The highest BCUT2D eigenvalue weighted by Gasteiger charge is 2.24. The quantitative estimate of drug-likeness (QED) is 0.816. The molecule has 0 unspecified atom stereocenters. The van der Waals surface area contributed by atoms with Crippen molar-refractivity contribution in [2.75, 3.05) is 32.8 Å². The van der Waals surface area contributed by atoms with E-state index >= 15 is 0 Å². The van der Waals surface area contributed by atoms with Crippen LogP contribution >= 0.6 is 11.3 Å². The molecule has 0 saturated carbocycles. The predicted octanol–water partition coefficient (Wildman–Crippen LogP) is 3.06. The first-order valence-corrected chi connectivity index (χ1v) is 9.98. The molecule has 2 aliphatic rings. The Bertz CT molecular complexity index is 803. The molecule has 1 aromatic heterocycles. The Labute approximate surface area is 157 Å². The number of hydrogen-bond donors (Lipinski definition) is 0. The molecule has 1 saturated heterocycles. The molecule has 6 heteroatoms. The number of hydrogen-bond acceptors (Lipinski definition) is 4. The molecule has 2 amide bonds. The zero-order chi connectivity index (χ0) is 17.9. The van der Waals surface area contributed by atoms with Crippen LogP contribution in [-0.4, -0.2) is 54.4 Å². The van der Waals surface area contributed by atoms with Gasteiger partial charge >= 0.3 is 0 Å². The molecular formula is C20H22N2O3S. The van der Waals surface area contributed by atoms with Crippen LogP contribution < -0.4 is 4.74 Å².